The molecule has 1 aromatic rings. The predicted octanol–water partition coefficient (Wildman–Crippen LogP) is 3.58. The third-order valence-electron chi connectivity index (χ3n) is 4.75. The average Bonchev–Trinajstić information content (AvgIpc) is 2.82. The molecule has 3 rings (SSSR count). The lowest BCUT2D eigenvalue weighted by molar-refractivity contribution is -0.135. The van der Waals surface area contributed by atoms with Gasteiger partial charge in [-0.25, -0.2) is 0 Å². The van der Waals surface area contributed by atoms with Gasteiger partial charge in [0.05, 0.1) is 19.3 Å². The van der Waals surface area contributed by atoms with Crippen molar-refractivity contribution >= 4 is 29.9 Å². The number of ether oxygens (including phenoxy) is 1. The summed E-state index contributed by atoms with van der Waals surface area (Å²) in [5.41, 5.74) is 1.19. The molecule has 0 bridgehead atoms. The minimum Gasteiger partial charge on any atom is -0.378 e. The van der Waals surface area contributed by atoms with Crippen molar-refractivity contribution in [3.63, 3.8) is 0 Å². The van der Waals surface area contributed by atoms with E-state index in [4.69, 9.17) is 16.3 Å². The molecule has 0 aromatic heterocycles. The van der Waals surface area contributed by atoms with Crippen LogP contribution in [0.4, 0.5) is 0 Å². The maximum Gasteiger partial charge on any atom is 0.224 e. The van der Waals surface area contributed by atoms with Crippen molar-refractivity contribution in [1.82, 2.24) is 10.2 Å². The maximum absolute atomic E-state index is 12.9. The van der Waals surface area contributed by atoms with Gasteiger partial charge in [-0.15, -0.1) is 12.4 Å². The van der Waals surface area contributed by atoms with E-state index in [1.165, 1.54) is 18.4 Å². The van der Waals surface area contributed by atoms with Crippen LogP contribution in [0, 0.1) is 0 Å². The molecule has 2 fully saturated rings. The van der Waals surface area contributed by atoms with E-state index in [0.717, 1.165) is 37.6 Å². The smallest absolute Gasteiger partial charge is 0.224 e. The number of morpholine rings is 1. The minimum absolute atomic E-state index is 0. The number of hydrogen-bond donors (Lipinski definition) is 1. The zero-order chi connectivity index (χ0) is 16.1. The summed E-state index contributed by atoms with van der Waals surface area (Å²) in [4.78, 5) is 14.9. The molecule has 2 unspecified atom stereocenters. The Labute approximate surface area is 155 Å². The van der Waals surface area contributed by atoms with Crippen LogP contribution in [-0.4, -0.2) is 43.2 Å². The van der Waals surface area contributed by atoms with Gasteiger partial charge in [0.25, 0.3) is 0 Å². The summed E-state index contributed by atoms with van der Waals surface area (Å²) in [7, 11) is 0. The van der Waals surface area contributed by atoms with Crippen LogP contribution in [0.25, 0.3) is 0 Å². The summed E-state index contributed by atoms with van der Waals surface area (Å²) in [6.45, 7) is 3.05. The van der Waals surface area contributed by atoms with Gasteiger partial charge < -0.3 is 15.0 Å². The largest absolute Gasteiger partial charge is 0.378 e. The van der Waals surface area contributed by atoms with Crippen LogP contribution in [0.15, 0.2) is 24.3 Å². The normalized spacial score (nSPS) is 24.8. The highest BCUT2D eigenvalue weighted by Gasteiger charge is 2.28. The van der Waals surface area contributed by atoms with E-state index in [0.29, 0.717) is 13.0 Å². The number of rotatable bonds is 3. The maximum atomic E-state index is 12.9. The first-order chi connectivity index (χ1) is 11.2. The number of carbonyl (C=O) groups excluding carboxylic acids is 1. The van der Waals surface area contributed by atoms with Crippen molar-refractivity contribution in [2.75, 3.05) is 26.3 Å². The Hall–Kier alpha value is -0.810. The summed E-state index contributed by atoms with van der Waals surface area (Å²) in [6.07, 6.45) is 5.00. The van der Waals surface area contributed by atoms with E-state index in [-0.39, 0.29) is 30.4 Å². The molecule has 2 atom stereocenters. The van der Waals surface area contributed by atoms with Gasteiger partial charge >= 0.3 is 0 Å². The van der Waals surface area contributed by atoms with Crippen LogP contribution >= 0.6 is 24.0 Å². The van der Waals surface area contributed by atoms with Crippen molar-refractivity contribution < 1.29 is 9.53 Å². The molecule has 1 N–H and O–H groups in total. The van der Waals surface area contributed by atoms with E-state index in [2.05, 4.69) is 22.3 Å². The highest BCUT2D eigenvalue weighted by atomic mass is 35.5. The van der Waals surface area contributed by atoms with Gasteiger partial charge in [-0.2, -0.15) is 0 Å². The van der Waals surface area contributed by atoms with E-state index in [9.17, 15) is 4.79 Å². The third kappa shape index (κ3) is 5.09. The van der Waals surface area contributed by atoms with E-state index >= 15 is 0 Å². The fourth-order valence-electron chi connectivity index (χ4n) is 3.52. The molecule has 1 aromatic carbocycles. The van der Waals surface area contributed by atoms with E-state index in [1.807, 2.05) is 12.1 Å². The number of halogens is 2. The van der Waals surface area contributed by atoms with Gasteiger partial charge in [0, 0.05) is 30.6 Å². The first-order valence-electron chi connectivity index (χ1n) is 8.60. The predicted molar refractivity (Wildman–Crippen MR) is 98.8 cm³/mol. The van der Waals surface area contributed by atoms with Crippen LogP contribution in [0.2, 0.25) is 5.02 Å². The van der Waals surface area contributed by atoms with Crippen LogP contribution in [0.5, 0.6) is 0 Å². The molecule has 2 aliphatic heterocycles. The first-order valence-corrected chi connectivity index (χ1v) is 8.98. The molecule has 2 aliphatic rings. The third-order valence-corrected chi connectivity index (χ3v) is 5.00. The zero-order valence-corrected chi connectivity index (χ0v) is 15.5. The molecule has 24 heavy (non-hydrogen) atoms. The number of carbonyl (C=O) groups is 1. The topological polar surface area (TPSA) is 41.6 Å². The summed E-state index contributed by atoms with van der Waals surface area (Å²) in [6, 6.07) is 8.26. The Morgan fingerprint density at radius 3 is 2.75 bits per heavy atom. The Balaban J connectivity index is 0.00000208. The molecule has 0 aliphatic carbocycles. The molecule has 134 valence electrons. The number of nitrogens with one attached hydrogen (secondary N) is 1. The SMILES string of the molecule is Cl.O=C(CC1COCCN1)N1CCCCCC1c1ccc(Cl)cc1. The van der Waals surface area contributed by atoms with Crippen LogP contribution in [0.3, 0.4) is 0 Å². The summed E-state index contributed by atoms with van der Waals surface area (Å²) >= 11 is 6.01. The Morgan fingerprint density at radius 1 is 1.25 bits per heavy atom. The summed E-state index contributed by atoms with van der Waals surface area (Å²) < 4.78 is 5.47. The average molecular weight is 373 g/mol. The summed E-state index contributed by atoms with van der Waals surface area (Å²) in [5.74, 6) is 0.231. The fourth-order valence-corrected chi connectivity index (χ4v) is 3.64. The summed E-state index contributed by atoms with van der Waals surface area (Å²) in [5, 5.41) is 4.12. The lowest BCUT2D eigenvalue weighted by Gasteiger charge is -2.33. The molecule has 2 heterocycles. The second kappa shape index (κ2) is 9.62. The second-order valence-electron chi connectivity index (χ2n) is 6.43. The monoisotopic (exact) mass is 372 g/mol. The van der Waals surface area contributed by atoms with Gasteiger partial charge in [-0.05, 0) is 30.5 Å². The van der Waals surface area contributed by atoms with Gasteiger partial charge in [0.1, 0.15) is 0 Å². The number of amides is 1. The Bertz CT molecular complexity index is 518. The lowest BCUT2D eigenvalue weighted by atomic mass is 10.00. The van der Waals surface area contributed by atoms with Crippen molar-refractivity contribution in [3.05, 3.63) is 34.9 Å². The molecule has 0 spiro atoms. The number of benzene rings is 1. The van der Waals surface area contributed by atoms with Crippen LogP contribution in [-0.2, 0) is 9.53 Å². The molecule has 0 radical (unpaired) electrons. The highest BCUT2D eigenvalue weighted by molar-refractivity contribution is 6.30. The fraction of sp³-hybridized carbons (Fsp3) is 0.611. The molecular weight excluding hydrogens is 347 g/mol. The van der Waals surface area contributed by atoms with Gasteiger partial charge in [-0.3, -0.25) is 4.79 Å². The van der Waals surface area contributed by atoms with E-state index < -0.39 is 0 Å². The highest BCUT2D eigenvalue weighted by Crippen LogP contribution is 2.31. The lowest BCUT2D eigenvalue weighted by Crippen LogP contribution is -2.45. The Kier molecular flexibility index (Phi) is 7.82. The van der Waals surface area contributed by atoms with Crippen molar-refractivity contribution in [1.29, 1.82) is 0 Å². The van der Waals surface area contributed by atoms with Crippen molar-refractivity contribution in [3.8, 4) is 0 Å². The number of nitrogens with zero attached hydrogens (tertiary/aromatic N) is 1. The van der Waals surface area contributed by atoms with Crippen LogP contribution < -0.4 is 5.32 Å². The zero-order valence-electron chi connectivity index (χ0n) is 13.9. The second-order valence-corrected chi connectivity index (χ2v) is 6.87. The molecule has 6 heteroatoms. The van der Waals surface area contributed by atoms with Crippen LogP contribution in [0.1, 0.15) is 43.7 Å². The van der Waals surface area contributed by atoms with Gasteiger partial charge in [0.2, 0.25) is 5.91 Å². The number of likely N-dealkylation sites (tertiary alicyclic amines) is 1. The Morgan fingerprint density at radius 2 is 2.04 bits per heavy atom. The minimum atomic E-state index is 0. The quantitative estimate of drug-likeness (QED) is 0.881. The number of hydrogen-bond acceptors (Lipinski definition) is 3. The molecule has 2 saturated heterocycles. The van der Waals surface area contributed by atoms with Crippen molar-refractivity contribution in [2.45, 2.75) is 44.2 Å². The van der Waals surface area contributed by atoms with Gasteiger partial charge in [0.15, 0.2) is 0 Å². The van der Waals surface area contributed by atoms with E-state index in [1.54, 1.807) is 0 Å². The molecular formula is C18H26Cl2N2O2. The van der Waals surface area contributed by atoms with Gasteiger partial charge in [-0.1, -0.05) is 36.6 Å². The standard InChI is InChI=1S/C18H25ClN2O2.ClH/c19-15-7-5-14(6-8-15)17-4-2-1-3-10-21(17)18(22)12-16-13-23-11-9-20-16;/h5-8,16-17,20H,1-4,9-13H2;1H. The molecule has 0 saturated carbocycles. The molecule has 4 nitrogen and oxygen atoms in total. The molecule has 1 amide bonds. The first kappa shape index (κ1) is 19.5. The van der Waals surface area contributed by atoms with Crippen molar-refractivity contribution in [2.24, 2.45) is 0 Å².